The number of ether oxygens (including phenoxy) is 2. The molecule has 570 valence electrons. The number of rotatable bonds is 11. The Hall–Kier alpha value is -15.2. The van der Waals surface area contributed by atoms with Crippen LogP contribution in [-0.2, 0) is 34.9 Å². The van der Waals surface area contributed by atoms with Crippen molar-refractivity contribution in [3.63, 3.8) is 0 Å². The van der Waals surface area contributed by atoms with Crippen LogP contribution in [0, 0.1) is 68.1 Å². The van der Waals surface area contributed by atoms with Crippen LogP contribution in [0.2, 0.25) is 0 Å². The largest absolute Gasteiger partial charge is 0.494 e. The first-order chi connectivity index (χ1) is 55.6. The minimum atomic E-state index is -3.19. The first-order valence-electron chi connectivity index (χ1n) is 34.1. The lowest BCUT2D eigenvalue weighted by molar-refractivity contribution is 0.00558. The highest BCUT2D eigenvalue weighted by Crippen LogP contribution is 2.35. The Morgan fingerprint density at radius 1 is 0.513 bits per heavy atom. The first kappa shape index (κ1) is 75.2. The van der Waals surface area contributed by atoms with Gasteiger partial charge in [0, 0.05) is 49.5 Å². The van der Waals surface area contributed by atoms with Crippen LogP contribution in [0.25, 0.3) is 55.3 Å². The van der Waals surface area contributed by atoms with Gasteiger partial charge in [-0.3, -0.25) is 19.4 Å². The van der Waals surface area contributed by atoms with Gasteiger partial charge in [0.05, 0.1) is 95.1 Å². The minimum Gasteiger partial charge on any atom is -0.494 e. The molecule has 18 heterocycles. The van der Waals surface area contributed by atoms with Crippen molar-refractivity contribution in [2.24, 2.45) is 0 Å². The first-order valence-corrected chi connectivity index (χ1v) is 34.9. The SMILES string of the molecule is COc1cnc2c(Cc3nc(C(C)(Cl)Cl)no3)noc2c1C#Cc1ccccn1.Cc1ncc2c(Cc3nc(C(C)(C)C)no3)noc2c1C#Cc1cnn2cncnc12.Cc1ncc2c(Cc3nc(C(C)(F)F)no3)noc2c1C#Cc1nnc2ccccn12.Cc1ncc2c(Oc3ncco3)noc2c1C#Cc1cccnn1. The second-order valence-electron chi connectivity index (χ2n) is 25.7. The average Bonchev–Trinajstić information content (AvgIpc) is 1.66. The summed E-state index contributed by atoms with van der Waals surface area (Å²) in [5, 5.41) is 49.3. The standard InChI is InChI=1S/C21H18N8O2.C20H13F2N7O2.C19H13Cl2N5O3.C16H9N5O3/c1-12-14(6-5-13-8-25-29-11-22-10-24-19(13)29)18-15(9-23-12)16(27-31-18)7-17-26-20(28-30-17)21(2,3)4;1-11-12(6-7-16-26-25-15-5-3-4-8-29(15)16)18-13(10-23-11)14(27-31-18)9-17-24-19(28-30-17)20(2,21)22;1-19(20,21)18-24-15(28-26-18)9-13-16-17(29-25-13)12(14(27-2)10-23-16)7-6-11-5-3-4-8-22-11;1-10-12(5-4-11-3-2-6-19-20-11)14-13(9-18-10)15(21-24-14)23-16-17-7-8-22-16/h8-11H,7H2,1-4H3;3-5,8,10H,9H2,1-2H3;3-5,8,10H,9H2,1-2H3;2-3,6-9H,1H3. The van der Waals surface area contributed by atoms with Crippen molar-refractivity contribution in [3.05, 3.63) is 238 Å². The maximum Gasteiger partial charge on any atom is 0.400 e. The summed E-state index contributed by atoms with van der Waals surface area (Å²) in [7, 11) is 1.53. The van der Waals surface area contributed by atoms with Crippen LogP contribution < -0.4 is 9.47 Å². The highest BCUT2D eigenvalue weighted by Gasteiger charge is 2.32. The molecular formula is C76H53Cl2F2N25O10. The highest BCUT2D eigenvalue weighted by atomic mass is 35.5. The molecule has 0 saturated carbocycles. The van der Waals surface area contributed by atoms with Gasteiger partial charge in [-0.15, -0.1) is 15.3 Å². The van der Waals surface area contributed by atoms with Crippen LogP contribution in [0.5, 0.6) is 17.7 Å². The smallest absolute Gasteiger partial charge is 0.400 e. The second-order valence-corrected chi connectivity index (χ2v) is 27.4. The molecule has 18 aromatic rings. The Morgan fingerprint density at radius 2 is 1.11 bits per heavy atom. The number of methoxy groups -OCH3 is 1. The topological polar surface area (TPSA) is 429 Å². The minimum absolute atomic E-state index is 0.00476. The number of hydrogen-bond acceptors (Lipinski definition) is 33. The fourth-order valence-corrected chi connectivity index (χ4v) is 10.7. The van der Waals surface area contributed by atoms with Crippen LogP contribution in [0.3, 0.4) is 0 Å². The quantitative estimate of drug-likeness (QED) is 0.0857. The summed E-state index contributed by atoms with van der Waals surface area (Å²) in [6.07, 6.45) is 19.7. The van der Waals surface area contributed by atoms with Gasteiger partial charge in [-0.2, -0.15) is 38.9 Å². The van der Waals surface area contributed by atoms with Crippen molar-refractivity contribution >= 4 is 78.5 Å². The van der Waals surface area contributed by atoms with Crippen molar-refractivity contribution in [1.82, 2.24) is 125 Å². The van der Waals surface area contributed by atoms with Crippen LogP contribution in [-0.4, -0.2) is 132 Å². The Morgan fingerprint density at radius 3 is 1.74 bits per heavy atom. The maximum absolute atomic E-state index is 13.3. The zero-order valence-corrected chi connectivity index (χ0v) is 63.0. The normalized spacial score (nSPS) is 11.3. The van der Waals surface area contributed by atoms with E-state index in [1.807, 2.05) is 71.1 Å². The lowest BCUT2D eigenvalue weighted by Gasteiger charge is -2.10. The molecule has 0 amide bonds. The number of halogens is 4. The van der Waals surface area contributed by atoms with Crippen LogP contribution in [0.15, 0.2) is 159 Å². The van der Waals surface area contributed by atoms with Gasteiger partial charge < -0.3 is 45.6 Å². The summed E-state index contributed by atoms with van der Waals surface area (Å²) in [6, 6.07) is 14.5. The molecule has 0 aliphatic heterocycles. The molecule has 0 fully saturated rings. The molecule has 115 heavy (non-hydrogen) atoms. The number of aromatic nitrogens is 25. The van der Waals surface area contributed by atoms with E-state index in [1.54, 1.807) is 90.7 Å². The molecule has 35 nitrogen and oxygen atoms in total. The lowest BCUT2D eigenvalue weighted by Crippen LogP contribution is -2.13. The van der Waals surface area contributed by atoms with E-state index in [-0.39, 0.29) is 47.8 Å². The van der Waals surface area contributed by atoms with E-state index in [2.05, 4.69) is 164 Å². The van der Waals surface area contributed by atoms with Crippen molar-refractivity contribution in [3.8, 4) is 65.1 Å². The van der Waals surface area contributed by atoms with Crippen molar-refractivity contribution < 1.29 is 54.3 Å². The zero-order chi connectivity index (χ0) is 80.0. The van der Waals surface area contributed by atoms with Crippen molar-refractivity contribution in [1.29, 1.82) is 0 Å². The van der Waals surface area contributed by atoms with E-state index < -0.39 is 16.1 Å². The van der Waals surface area contributed by atoms with Gasteiger partial charge in [0.15, 0.2) is 44.0 Å². The number of aryl methyl sites for hydroxylation is 3. The molecule has 18 rings (SSSR count). The molecule has 0 unspecified atom stereocenters. The third-order valence-corrected chi connectivity index (χ3v) is 16.7. The molecule has 18 aromatic heterocycles. The Balaban J connectivity index is 0.000000121. The number of oxazole rings is 1. The fourth-order valence-electron chi connectivity index (χ4n) is 10.6. The highest BCUT2D eigenvalue weighted by molar-refractivity contribution is 6.47. The van der Waals surface area contributed by atoms with Crippen LogP contribution >= 0.6 is 23.2 Å². The molecule has 0 spiro atoms. The van der Waals surface area contributed by atoms with Crippen LogP contribution in [0.4, 0.5) is 8.78 Å². The second kappa shape index (κ2) is 32.0. The number of fused-ring (bicyclic) bond motifs is 6. The Kier molecular flexibility index (Phi) is 20.9. The summed E-state index contributed by atoms with van der Waals surface area (Å²) < 4.78 is 82.1. The molecular weight excluding hydrogens is 1530 g/mol. The predicted octanol–water partition coefficient (Wildman–Crippen LogP) is 11.9. The van der Waals surface area contributed by atoms with Crippen LogP contribution in [0.1, 0.15) is 149 Å². The van der Waals surface area contributed by atoms with Gasteiger partial charge in [0.2, 0.25) is 40.7 Å². The molecule has 0 bridgehead atoms. The number of nitrogens with zero attached hydrogens (tertiary/aromatic N) is 25. The molecule has 0 aromatic carbocycles. The summed E-state index contributed by atoms with van der Waals surface area (Å²) in [5.41, 5.74) is 11.3. The Bertz CT molecular complexity index is 6640. The number of pyridine rings is 6. The molecule has 0 saturated heterocycles. The third-order valence-electron chi connectivity index (χ3n) is 16.4. The maximum atomic E-state index is 13.3. The summed E-state index contributed by atoms with van der Waals surface area (Å²) in [6.45, 7) is 13.8. The van der Waals surface area contributed by atoms with Gasteiger partial charge in [-0.25, -0.2) is 24.5 Å². The average molecular weight is 1590 g/mol. The fraction of sp³-hybridized carbons (Fsp3) is 0.197. The molecule has 0 radical (unpaired) electrons. The summed E-state index contributed by atoms with van der Waals surface area (Å²) >= 11 is 12.0. The predicted molar refractivity (Wildman–Crippen MR) is 397 cm³/mol. The van der Waals surface area contributed by atoms with Gasteiger partial charge >= 0.3 is 12.0 Å². The van der Waals surface area contributed by atoms with Gasteiger partial charge in [-0.05, 0) is 87.0 Å². The number of hydrogen-bond donors (Lipinski definition) is 0. The Labute approximate surface area is 655 Å². The van der Waals surface area contributed by atoms with E-state index >= 15 is 0 Å². The van der Waals surface area contributed by atoms with Gasteiger partial charge in [0.1, 0.15) is 63.9 Å². The van der Waals surface area contributed by atoms with Gasteiger partial charge in [-0.1, -0.05) is 117 Å². The third kappa shape index (κ3) is 16.8. The summed E-state index contributed by atoms with van der Waals surface area (Å²) in [5.74, 6) is 23.0. The van der Waals surface area contributed by atoms with E-state index in [1.165, 1.54) is 25.9 Å². The van der Waals surface area contributed by atoms with Gasteiger partial charge in [0.25, 0.3) is 5.88 Å². The van der Waals surface area contributed by atoms with E-state index in [0.29, 0.717) is 154 Å². The molecule has 0 atom stereocenters. The zero-order valence-electron chi connectivity index (χ0n) is 61.4. The molecule has 39 heteroatoms. The van der Waals surface area contributed by atoms with Crippen molar-refractivity contribution in [2.75, 3.05) is 7.11 Å². The molecule has 0 N–H and O–H groups in total. The number of alkyl halides is 4. The monoisotopic (exact) mass is 1580 g/mol. The van der Waals surface area contributed by atoms with Crippen molar-refractivity contribution in [2.45, 2.75) is 90.3 Å². The lowest BCUT2D eigenvalue weighted by atomic mass is 9.96. The van der Waals surface area contributed by atoms with E-state index in [4.69, 9.17) is 68.8 Å². The molecule has 0 aliphatic carbocycles. The van der Waals surface area contributed by atoms with E-state index in [9.17, 15) is 8.78 Å². The molecule has 0 aliphatic rings. The summed E-state index contributed by atoms with van der Waals surface area (Å²) in [4.78, 5) is 46.1. The van der Waals surface area contributed by atoms with E-state index in [0.717, 1.165) is 11.1 Å².